The number of hydrogen-bond donors (Lipinski definition) is 1. The first-order valence-electron chi connectivity index (χ1n) is 6.78. The molecule has 0 radical (unpaired) electrons. The van der Waals surface area contributed by atoms with Crippen LogP contribution in [-0.4, -0.2) is 6.04 Å². The minimum atomic E-state index is 0.622. The Hall–Kier alpha value is -0.0200. The van der Waals surface area contributed by atoms with Crippen molar-refractivity contribution in [1.82, 2.24) is 0 Å². The molecule has 2 rings (SSSR count). The molecule has 0 spiro atoms. The summed E-state index contributed by atoms with van der Waals surface area (Å²) in [6, 6.07) is 6.93. The monoisotopic (exact) mass is 373 g/mol. The van der Waals surface area contributed by atoms with Crippen LogP contribution in [0.25, 0.3) is 0 Å². The maximum atomic E-state index is 3.70. The van der Waals surface area contributed by atoms with Crippen molar-refractivity contribution in [3.05, 3.63) is 27.1 Å². The molecule has 0 aliphatic heterocycles. The number of halogens is 2. The van der Waals surface area contributed by atoms with Gasteiger partial charge in [0.15, 0.2) is 0 Å². The standard InChI is InChI=1S/C15H21Br2N/c1-10(2)11-4-3-5-13(8-11)18-15-9-12(16)6-7-14(15)17/h6-7,9-11,13,18H,3-5,8H2,1-2H3. The van der Waals surface area contributed by atoms with E-state index >= 15 is 0 Å². The quantitative estimate of drug-likeness (QED) is 0.700. The van der Waals surface area contributed by atoms with Crippen molar-refractivity contribution in [3.8, 4) is 0 Å². The van der Waals surface area contributed by atoms with E-state index < -0.39 is 0 Å². The second-order valence-corrected chi connectivity index (χ2v) is 7.41. The summed E-state index contributed by atoms with van der Waals surface area (Å²) in [5.41, 5.74) is 1.21. The van der Waals surface area contributed by atoms with Gasteiger partial charge in [0.05, 0.1) is 0 Å². The molecule has 2 unspecified atom stereocenters. The second kappa shape index (κ2) is 6.42. The van der Waals surface area contributed by atoms with Gasteiger partial charge in [-0.15, -0.1) is 0 Å². The molecule has 0 saturated heterocycles. The van der Waals surface area contributed by atoms with E-state index in [1.54, 1.807) is 0 Å². The highest BCUT2D eigenvalue weighted by Gasteiger charge is 2.24. The van der Waals surface area contributed by atoms with Crippen LogP contribution in [0.15, 0.2) is 27.1 Å². The molecular weight excluding hydrogens is 354 g/mol. The van der Waals surface area contributed by atoms with Gasteiger partial charge < -0.3 is 5.32 Å². The summed E-state index contributed by atoms with van der Waals surface area (Å²) in [5.74, 6) is 1.68. The van der Waals surface area contributed by atoms with E-state index in [0.717, 1.165) is 20.8 Å². The number of benzene rings is 1. The van der Waals surface area contributed by atoms with Crippen LogP contribution in [0.5, 0.6) is 0 Å². The summed E-state index contributed by atoms with van der Waals surface area (Å²) >= 11 is 7.15. The van der Waals surface area contributed by atoms with Crippen LogP contribution >= 0.6 is 31.9 Å². The summed E-state index contributed by atoms with van der Waals surface area (Å²) < 4.78 is 2.28. The Morgan fingerprint density at radius 2 is 2.00 bits per heavy atom. The highest BCUT2D eigenvalue weighted by molar-refractivity contribution is 9.11. The fraction of sp³-hybridized carbons (Fsp3) is 0.600. The molecule has 0 aromatic heterocycles. The number of hydrogen-bond acceptors (Lipinski definition) is 1. The Balaban J connectivity index is 2.02. The third kappa shape index (κ3) is 3.74. The van der Waals surface area contributed by atoms with Crippen molar-refractivity contribution in [2.75, 3.05) is 5.32 Å². The summed E-state index contributed by atoms with van der Waals surface area (Å²) in [6.45, 7) is 4.70. The predicted octanol–water partition coefficient (Wildman–Crippen LogP) is 5.84. The molecular formula is C15H21Br2N. The van der Waals surface area contributed by atoms with E-state index in [4.69, 9.17) is 0 Å². The van der Waals surface area contributed by atoms with E-state index in [-0.39, 0.29) is 0 Å². The van der Waals surface area contributed by atoms with Gasteiger partial charge in [-0.05, 0) is 58.8 Å². The van der Waals surface area contributed by atoms with Gasteiger partial charge in [-0.1, -0.05) is 42.6 Å². The van der Waals surface area contributed by atoms with Crippen molar-refractivity contribution in [1.29, 1.82) is 0 Å². The Bertz CT molecular complexity index is 403. The fourth-order valence-electron chi connectivity index (χ4n) is 2.79. The summed E-state index contributed by atoms with van der Waals surface area (Å²) in [4.78, 5) is 0. The summed E-state index contributed by atoms with van der Waals surface area (Å²) in [7, 11) is 0. The highest BCUT2D eigenvalue weighted by atomic mass is 79.9. The molecule has 1 N–H and O–H groups in total. The Labute approximate surface area is 127 Å². The Kier molecular flexibility index (Phi) is 5.14. The van der Waals surface area contributed by atoms with E-state index in [1.807, 2.05) is 0 Å². The van der Waals surface area contributed by atoms with E-state index in [0.29, 0.717) is 6.04 Å². The van der Waals surface area contributed by atoms with Crippen molar-refractivity contribution in [3.63, 3.8) is 0 Å². The molecule has 1 aliphatic rings. The van der Waals surface area contributed by atoms with Gasteiger partial charge in [-0.25, -0.2) is 0 Å². The van der Waals surface area contributed by atoms with E-state index in [2.05, 4.69) is 69.2 Å². The molecule has 1 aliphatic carbocycles. The highest BCUT2D eigenvalue weighted by Crippen LogP contribution is 2.33. The molecule has 1 fully saturated rings. The van der Waals surface area contributed by atoms with Crippen molar-refractivity contribution >= 4 is 37.5 Å². The van der Waals surface area contributed by atoms with Gasteiger partial charge in [0.2, 0.25) is 0 Å². The molecule has 18 heavy (non-hydrogen) atoms. The molecule has 100 valence electrons. The Morgan fingerprint density at radius 1 is 1.22 bits per heavy atom. The zero-order valence-electron chi connectivity index (χ0n) is 11.0. The van der Waals surface area contributed by atoms with Crippen LogP contribution in [-0.2, 0) is 0 Å². The smallest absolute Gasteiger partial charge is 0.0498 e. The van der Waals surface area contributed by atoms with Crippen LogP contribution < -0.4 is 5.32 Å². The van der Waals surface area contributed by atoms with Gasteiger partial charge in [-0.2, -0.15) is 0 Å². The number of anilines is 1. The minimum Gasteiger partial charge on any atom is -0.381 e. The van der Waals surface area contributed by atoms with Gasteiger partial charge in [0, 0.05) is 20.7 Å². The third-order valence-corrected chi connectivity index (χ3v) is 5.13. The predicted molar refractivity (Wildman–Crippen MR) is 86.0 cm³/mol. The zero-order chi connectivity index (χ0) is 13.1. The van der Waals surface area contributed by atoms with Crippen molar-refractivity contribution < 1.29 is 0 Å². The lowest BCUT2D eigenvalue weighted by Crippen LogP contribution is -2.29. The fourth-order valence-corrected chi connectivity index (χ4v) is 3.51. The topological polar surface area (TPSA) is 12.0 Å². The lowest BCUT2D eigenvalue weighted by atomic mass is 9.79. The molecule has 1 nitrogen and oxygen atoms in total. The van der Waals surface area contributed by atoms with Crippen LogP contribution in [0.3, 0.4) is 0 Å². The van der Waals surface area contributed by atoms with Crippen LogP contribution in [0.1, 0.15) is 39.5 Å². The van der Waals surface area contributed by atoms with Gasteiger partial charge >= 0.3 is 0 Å². The van der Waals surface area contributed by atoms with Crippen LogP contribution in [0.4, 0.5) is 5.69 Å². The summed E-state index contributed by atoms with van der Waals surface area (Å²) in [6.07, 6.45) is 5.35. The Morgan fingerprint density at radius 3 is 2.72 bits per heavy atom. The van der Waals surface area contributed by atoms with Crippen LogP contribution in [0, 0.1) is 11.8 Å². The maximum Gasteiger partial charge on any atom is 0.0498 e. The number of nitrogens with one attached hydrogen (secondary N) is 1. The van der Waals surface area contributed by atoms with Gasteiger partial charge in [0.1, 0.15) is 0 Å². The lowest BCUT2D eigenvalue weighted by Gasteiger charge is -2.33. The molecule has 0 heterocycles. The van der Waals surface area contributed by atoms with E-state index in [1.165, 1.54) is 31.4 Å². The molecule has 1 aromatic rings. The molecule has 3 heteroatoms. The molecule has 0 bridgehead atoms. The van der Waals surface area contributed by atoms with Crippen molar-refractivity contribution in [2.45, 2.75) is 45.6 Å². The first kappa shape index (κ1) is 14.4. The lowest BCUT2D eigenvalue weighted by molar-refractivity contribution is 0.264. The molecule has 1 saturated carbocycles. The second-order valence-electron chi connectivity index (χ2n) is 5.64. The normalized spacial score (nSPS) is 24.3. The first-order chi connectivity index (χ1) is 8.56. The maximum absolute atomic E-state index is 3.70. The molecule has 1 aromatic carbocycles. The molecule has 2 atom stereocenters. The average molecular weight is 375 g/mol. The van der Waals surface area contributed by atoms with E-state index in [9.17, 15) is 0 Å². The summed E-state index contributed by atoms with van der Waals surface area (Å²) in [5, 5.41) is 3.70. The zero-order valence-corrected chi connectivity index (χ0v) is 14.2. The number of rotatable bonds is 3. The molecule has 0 amide bonds. The minimum absolute atomic E-state index is 0.622. The van der Waals surface area contributed by atoms with Crippen LogP contribution in [0.2, 0.25) is 0 Å². The van der Waals surface area contributed by atoms with Gasteiger partial charge in [0.25, 0.3) is 0 Å². The largest absolute Gasteiger partial charge is 0.381 e. The average Bonchev–Trinajstić information content (AvgIpc) is 2.34. The SMILES string of the molecule is CC(C)C1CCCC(Nc2cc(Br)ccc2Br)C1. The van der Waals surface area contributed by atoms with Crippen molar-refractivity contribution in [2.24, 2.45) is 11.8 Å². The third-order valence-electron chi connectivity index (χ3n) is 3.95. The first-order valence-corrected chi connectivity index (χ1v) is 8.36. The van der Waals surface area contributed by atoms with Gasteiger partial charge in [-0.3, -0.25) is 0 Å².